The Kier molecular flexibility index (Phi) is 3.48. The molecule has 21 heavy (non-hydrogen) atoms. The van der Waals surface area contributed by atoms with Crippen molar-refractivity contribution in [1.82, 2.24) is 9.88 Å². The highest BCUT2D eigenvalue weighted by Crippen LogP contribution is 2.36. The minimum absolute atomic E-state index is 0.0395. The Morgan fingerprint density at radius 3 is 2.76 bits per heavy atom. The van der Waals surface area contributed by atoms with Crippen molar-refractivity contribution < 1.29 is 21.6 Å². The monoisotopic (exact) mass is 320 g/mol. The minimum Gasteiger partial charge on any atom is -0.296 e. The largest absolute Gasteiger partial charge is 0.418 e. The van der Waals surface area contributed by atoms with E-state index in [-0.39, 0.29) is 23.9 Å². The molecule has 3 rings (SSSR count). The third-order valence-corrected chi connectivity index (χ3v) is 6.52. The highest BCUT2D eigenvalue weighted by atomic mass is 32.2. The average molecular weight is 320 g/mol. The van der Waals surface area contributed by atoms with Crippen LogP contribution in [0.15, 0.2) is 18.3 Å². The Morgan fingerprint density at radius 2 is 2.10 bits per heavy atom. The molecular formula is C13H15F3N2O2S. The number of halogens is 3. The van der Waals surface area contributed by atoms with Crippen LogP contribution in [0.3, 0.4) is 0 Å². The maximum atomic E-state index is 12.9. The summed E-state index contributed by atoms with van der Waals surface area (Å²) in [5, 5.41) is -0.421. The lowest BCUT2D eigenvalue weighted by molar-refractivity contribution is -0.138. The van der Waals surface area contributed by atoms with Gasteiger partial charge in [-0.15, -0.1) is 0 Å². The molecule has 116 valence electrons. The molecule has 8 heteroatoms. The molecule has 3 heterocycles. The van der Waals surface area contributed by atoms with Crippen LogP contribution >= 0.6 is 0 Å². The first-order chi connectivity index (χ1) is 9.77. The van der Waals surface area contributed by atoms with Gasteiger partial charge in [0.05, 0.1) is 22.3 Å². The number of likely N-dealkylation sites (tertiary alicyclic amines) is 1. The summed E-state index contributed by atoms with van der Waals surface area (Å²) >= 11 is 0. The van der Waals surface area contributed by atoms with Gasteiger partial charge < -0.3 is 0 Å². The number of rotatable bonds is 2. The summed E-state index contributed by atoms with van der Waals surface area (Å²) in [4.78, 5) is 5.60. The van der Waals surface area contributed by atoms with Crippen LogP contribution in [0.2, 0.25) is 0 Å². The third-order valence-electron chi connectivity index (χ3n) is 4.26. The molecule has 2 fully saturated rings. The zero-order valence-corrected chi connectivity index (χ0v) is 12.0. The van der Waals surface area contributed by atoms with Crippen LogP contribution in [-0.2, 0) is 22.6 Å². The molecule has 0 aromatic carbocycles. The number of hydrogen-bond acceptors (Lipinski definition) is 4. The third kappa shape index (κ3) is 2.78. The van der Waals surface area contributed by atoms with Crippen LogP contribution in [-0.4, -0.2) is 42.4 Å². The van der Waals surface area contributed by atoms with Gasteiger partial charge in [-0.05, 0) is 24.5 Å². The number of pyridine rings is 1. The highest BCUT2D eigenvalue weighted by molar-refractivity contribution is 7.92. The Morgan fingerprint density at radius 1 is 1.33 bits per heavy atom. The Bertz CT molecular complexity index is 645. The number of alkyl halides is 3. The van der Waals surface area contributed by atoms with Crippen molar-refractivity contribution in [3.8, 4) is 0 Å². The van der Waals surface area contributed by atoms with Crippen LogP contribution in [0.4, 0.5) is 13.2 Å². The first-order valence-corrected chi connectivity index (χ1v) is 8.44. The van der Waals surface area contributed by atoms with Crippen molar-refractivity contribution in [3.63, 3.8) is 0 Å². The fraction of sp³-hybridized carbons (Fsp3) is 0.615. The van der Waals surface area contributed by atoms with Crippen molar-refractivity contribution in [3.05, 3.63) is 29.6 Å². The quantitative estimate of drug-likeness (QED) is 0.832. The number of aromatic nitrogens is 1. The summed E-state index contributed by atoms with van der Waals surface area (Å²) < 4.78 is 62.5. The molecule has 2 aliphatic rings. The van der Waals surface area contributed by atoms with Gasteiger partial charge in [0, 0.05) is 25.8 Å². The molecule has 0 spiro atoms. The molecule has 2 aliphatic heterocycles. The Balaban J connectivity index is 1.78. The molecule has 0 saturated carbocycles. The summed E-state index contributed by atoms with van der Waals surface area (Å²) in [6, 6.07) is 2.27. The lowest BCUT2D eigenvalue weighted by atomic mass is 10.1. The van der Waals surface area contributed by atoms with Gasteiger partial charge in [0.2, 0.25) is 0 Å². The van der Waals surface area contributed by atoms with Crippen LogP contribution in [0, 0.1) is 5.92 Å². The van der Waals surface area contributed by atoms with Gasteiger partial charge >= 0.3 is 6.18 Å². The van der Waals surface area contributed by atoms with Crippen molar-refractivity contribution in [1.29, 1.82) is 0 Å². The van der Waals surface area contributed by atoms with Gasteiger partial charge in [-0.2, -0.15) is 13.2 Å². The maximum absolute atomic E-state index is 12.9. The lowest BCUT2D eigenvalue weighted by Gasteiger charge is -2.19. The number of sulfone groups is 1. The van der Waals surface area contributed by atoms with Crippen molar-refractivity contribution in [2.45, 2.75) is 24.4 Å². The molecule has 2 atom stereocenters. The zero-order chi connectivity index (χ0) is 15.3. The smallest absolute Gasteiger partial charge is 0.296 e. The van der Waals surface area contributed by atoms with E-state index in [2.05, 4.69) is 4.98 Å². The van der Waals surface area contributed by atoms with Gasteiger partial charge in [0.25, 0.3) is 0 Å². The molecule has 0 N–H and O–H groups in total. The average Bonchev–Trinajstić information content (AvgIpc) is 2.90. The summed E-state index contributed by atoms with van der Waals surface area (Å²) in [6.45, 7) is 0.872. The fourth-order valence-corrected chi connectivity index (χ4v) is 5.42. The van der Waals surface area contributed by atoms with E-state index in [0.29, 0.717) is 19.5 Å². The second kappa shape index (κ2) is 4.95. The summed E-state index contributed by atoms with van der Waals surface area (Å²) in [6.07, 6.45) is -2.50. The Labute approximate surface area is 120 Å². The van der Waals surface area contributed by atoms with Crippen LogP contribution in [0.5, 0.6) is 0 Å². The standard InChI is InChI=1S/C13H15F3N2O2S/c14-13(15,16)10-2-1-4-17-11(10)7-18-6-9-3-5-21(19,20)12(9)8-18/h1-2,4,9,12H,3,5-8H2/t9-,12+/m1/s1. The van der Waals surface area contributed by atoms with E-state index in [1.54, 1.807) is 4.90 Å². The molecule has 0 radical (unpaired) electrons. The van der Waals surface area contributed by atoms with Crippen LogP contribution in [0.1, 0.15) is 17.7 Å². The Hall–Kier alpha value is -1.15. The summed E-state index contributed by atoms with van der Waals surface area (Å²) in [5.41, 5.74) is -0.785. The SMILES string of the molecule is O=S1(=O)CC[C@@H]2CN(Cc3ncccc3C(F)(F)F)C[C@@H]21. The second-order valence-corrected chi connectivity index (χ2v) is 7.98. The van der Waals surface area contributed by atoms with E-state index < -0.39 is 26.8 Å². The molecule has 0 amide bonds. The number of nitrogens with zero attached hydrogens (tertiary/aromatic N) is 2. The van der Waals surface area contributed by atoms with Crippen molar-refractivity contribution >= 4 is 9.84 Å². The summed E-state index contributed by atoms with van der Waals surface area (Å²) in [5.74, 6) is 0.251. The number of fused-ring (bicyclic) bond motifs is 1. The van der Waals surface area contributed by atoms with E-state index in [1.807, 2.05) is 0 Å². The van der Waals surface area contributed by atoms with Crippen LogP contribution < -0.4 is 0 Å². The molecule has 0 unspecified atom stereocenters. The molecular weight excluding hydrogens is 305 g/mol. The molecule has 4 nitrogen and oxygen atoms in total. The number of hydrogen-bond donors (Lipinski definition) is 0. The lowest BCUT2D eigenvalue weighted by Crippen LogP contribution is -2.27. The predicted octanol–water partition coefficient (Wildman–Crippen LogP) is 1.72. The van der Waals surface area contributed by atoms with Gasteiger partial charge in [0.1, 0.15) is 0 Å². The topological polar surface area (TPSA) is 50.3 Å². The fourth-order valence-electron chi connectivity index (χ4n) is 3.24. The first-order valence-electron chi connectivity index (χ1n) is 6.72. The molecule has 0 bridgehead atoms. The molecule has 1 aromatic rings. The molecule has 2 saturated heterocycles. The minimum atomic E-state index is -4.44. The highest BCUT2D eigenvalue weighted by Gasteiger charge is 2.46. The molecule has 1 aromatic heterocycles. The first kappa shape index (κ1) is 14.8. The van der Waals surface area contributed by atoms with Crippen LogP contribution in [0.25, 0.3) is 0 Å². The van der Waals surface area contributed by atoms with Gasteiger partial charge in [-0.25, -0.2) is 8.42 Å². The normalized spacial score (nSPS) is 28.7. The maximum Gasteiger partial charge on any atom is 0.418 e. The van der Waals surface area contributed by atoms with Crippen molar-refractivity contribution in [2.24, 2.45) is 5.92 Å². The van der Waals surface area contributed by atoms with Crippen molar-refractivity contribution in [2.75, 3.05) is 18.8 Å². The van der Waals surface area contributed by atoms with E-state index in [9.17, 15) is 21.6 Å². The molecule has 0 aliphatic carbocycles. The second-order valence-electron chi connectivity index (χ2n) is 5.64. The van der Waals surface area contributed by atoms with Gasteiger partial charge in [-0.1, -0.05) is 0 Å². The summed E-state index contributed by atoms with van der Waals surface area (Å²) in [7, 11) is -3.07. The van der Waals surface area contributed by atoms with E-state index in [1.165, 1.54) is 12.3 Å². The van der Waals surface area contributed by atoms with Gasteiger partial charge in [0.15, 0.2) is 9.84 Å². The van der Waals surface area contributed by atoms with E-state index in [4.69, 9.17) is 0 Å². The van der Waals surface area contributed by atoms with E-state index in [0.717, 1.165) is 6.07 Å². The predicted molar refractivity (Wildman–Crippen MR) is 70.2 cm³/mol. The zero-order valence-electron chi connectivity index (χ0n) is 11.2. The van der Waals surface area contributed by atoms with E-state index >= 15 is 0 Å². The van der Waals surface area contributed by atoms with Gasteiger partial charge in [-0.3, -0.25) is 9.88 Å².